The smallest absolute Gasteiger partial charge is 0.324 e. The second-order valence-corrected chi connectivity index (χ2v) is 6.12. The van der Waals surface area contributed by atoms with Gasteiger partial charge in [0.15, 0.2) is 0 Å². The van der Waals surface area contributed by atoms with Crippen molar-refractivity contribution in [2.75, 3.05) is 13.1 Å². The third kappa shape index (κ3) is 3.71. The van der Waals surface area contributed by atoms with E-state index in [0.717, 1.165) is 13.1 Å². The molecule has 112 valence electrons. The lowest BCUT2D eigenvalue weighted by molar-refractivity contribution is -0.138. The maximum Gasteiger partial charge on any atom is 0.324 e. The van der Waals surface area contributed by atoms with Crippen molar-refractivity contribution in [3.8, 4) is 0 Å². The summed E-state index contributed by atoms with van der Waals surface area (Å²) in [4.78, 5) is 35.9. The lowest BCUT2D eigenvalue weighted by Gasteiger charge is -2.18. The number of carboxylic acid groups (broad SMARTS) is 1. The van der Waals surface area contributed by atoms with Crippen molar-refractivity contribution in [2.45, 2.75) is 39.0 Å². The average Bonchev–Trinajstić information content (AvgIpc) is 2.86. The number of rotatable bonds is 4. The number of aliphatic carboxylic acids is 1. The lowest BCUT2D eigenvalue weighted by atomic mass is 10.0. The molecule has 2 rings (SSSR count). The first-order valence-corrected chi connectivity index (χ1v) is 7.26. The van der Waals surface area contributed by atoms with E-state index in [2.05, 4.69) is 5.32 Å². The van der Waals surface area contributed by atoms with E-state index < -0.39 is 5.97 Å². The highest BCUT2D eigenvalue weighted by Gasteiger charge is 2.38. The van der Waals surface area contributed by atoms with Crippen molar-refractivity contribution in [2.24, 2.45) is 17.8 Å². The van der Waals surface area contributed by atoms with Crippen LogP contribution in [0.3, 0.4) is 0 Å². The topological polar surface area (TPSA) is 86.7 Å². The maximum absolute atomic E-state index is 12.0. The zero-order chi connectivity index (χ0) is 14.7. The van der Waals surface area contributed by atoms with Crippen LogP contribution < -0.4 is 5.32 Å². The molecular formula is C14H22N2O4. The number of nitrogens with zero attached hydrogens (tertiary/aromatic N) is 1. The Balaban J connectivity index is 1.74. The van der Waals surface area contributed by atoms with Gasteiger partial charge in [0.05, 0.1) is 0 Å². The van der Waals surface area contributed by atoms with Gasteiger partial charge in [-0.15, -0.1) is 0 Å². The molecule has 1 heterocycles. The summed E-state index contributed by atoms with van der Waals surface area (Å²) >= 11 is 0. The SMILES string of the molecule is CC(CC(=O)O)CC(=O)NC(=O)N1CC2CCCC2C1. The van der Waals surface area contributed by atoms with E-state index >= 15 is 0 Å². The highest BCUT2D eigenvalue weighted by molar-refractivity contribution is 5.94. The Morgan fingerprint density at radius 3 is 2.35 bits per heavy atom. The molecule has 2 N–H and O–H groups in total. The Hall–Kier alpha value is -1.59. The number of amides is 3. The van der Waals surface area contributed by atoms with Gasteiger partial charge in [0.1, 0.15) is 0 Å². The van der Waals surface area contributed by atoms with Crippen LogP contribution in [0.2, 0.25) is 0 Å². The number of likely N-dealkylation sites (tertiary alicyclic amines) is 1. The van der Waals surface area contributed by atoms with Crippen molar-refractivity contribution < 1.29 is 19.5 Å². The lowest BCUT2D eigenvalue weighted by Crippen LogP contribution is -2.42. The van der Waals surface area contributed by atoms with Crippen LogP contribution in [0, 0.1) is 17.8 Å². The molecule has 1 aliphatic carbocycles. The van der Waals surface area contributed by atoms with E-state index in [1.807, 2.05) is 0 Å². The first-order valence-electron chi connectivity index (χ1n) is 7.26. The number of carbonyl (C=O) groups is 3. The van der Waals surface area contributed by atoms with Gasteiger partial charge in [-0.25, -0.2) is 4.79 Å². The Bertz CT molecular complexity index is 398. The van der Waals surface area contributed by atoms with Crippen LogP contribution in [0.15, 0.2) is 0 Å². The summed E-state index contributed by atoms with van der Waals surface area (Å²) in [6, 6.07) is -0.327. The number of hydrogen-bond donors (Lipinski definition) is 2. The quantitative estimate of drug-likeness (QED) is 0.817. The maximum atomic E-state index is 12.0. The van der Waals surface area contributed by atoms with Gasteiger partial charge in [-0.3, -0.25) is 14.9 Å². The molecule has 0 aromatic heterocycles. The number of nitrogens with one attached hydrogen (secondary N) is 1. The summed E-state index contributed by atoms with van der Waals surface area (Å²) < 4.78 is 0. The van der Waals surface area contributed by atoms with Crippen LogP contribution in [-0.4, -0.2) is 41.0 Å². The number of carboxylic acids is 1. The van der Waals surface area contributed by atoms with Crippen molar-refractivity contribution in [3.63, 3.8) is 0 Å². The van der Waals surface area contributed by atoms with Crippen molar-refractivity contribution >= 4 is 17.9 Å². The van der Waals surface area contributed by atoms with Gasteiger partial charge in [0.25, 0.3) is 0 Å². The fourth-order valence-corrected chi connectivity index (χ4v) is 3.34. The fraction of sp³-hybridized carbons (Fsp3) is 0.786. The van der Waals surface area contributed by atoms with Crippen LogP contribution in [0.5, 0.6) is 0 Å². The van der Waals surface area contributed by atoms with Crippen LogP contribution >= 0.6 is 0 Å². The number of fused-ring (bicyclic) bond motifs is 1. The average molecular weight is 282 g/mol. The number of imide groups is 1. The molecule has 1 saturated heterocycles. The predicted octanol–water partition coefficient (Wildman–Crippen LogP) is 1.46. The summed E-state index contributed by atoms with van der Waals surface area (Å²) in [5.41, 5.74) is 0. The van der Waals surface area contributed by atoms with Crippen molar-refractivity contribution in [1.82, 2.24) is 10.2 Å². The van der Waals surface area contributed by atoms with Gasteiger partial charge in [0.2, 0.25) is 5.91 Å². The summed E-state index contributed by atoms with van der Waals surface area (Å²) in [6.45, 7) is 3.18. The molecule has 0 bridgehead atoms. The molecule has 0 radical (unpaired) electrons. The molecule has 3 atom stereocenters. The second-order valence-electron chi connectivity index (χ2n) is 6.12. The third-order valence-corrected chi connectivity index (χ3v) is 4.32. The molecule has 1 aliphatic heterocycles. The molecule has 2 fully saturated rings. The highest BCUT2D eigenvalue weighted by Crippen LogP contribution is 2.37. The van der Waals surface area contributed by atoms with Crippen LogP contribution in [-0.2, 0) is 9.59 Å². The standard InChI is InChI=1S/C14H22N2O4/c1-9(6-13(18)19)5-12(17)15-14(20)16-7-10-3-2-4-11(10)8-16/h9-11H,2-8H2,1H3,(H,18,19)(H,15,17,20). The van der Waals surface area contributed by atoms with Crippen molar-refractivity contribution in [1.29, 1.82) is 0 Å². The van der Waals surface area contributed by atoms with Crippen LogP contribution in [0.4, 0.5) is 4.79 Å². The van der Waals surface area contributed by atoms with Crippen molar-refractivity contribution in [3.05, 3.63) is 0 Å². The molecule has 2 aliphatic rings. The number of urea groups is 1. The molecule has 0 aromatic rings. The van der Waals surface area contributed by atoms with E-state index in [0.29, 0.717) is 11.8 Å². The van der Waals surface area contributed by atoms with Gasteiger partial charge in [0, 0.05) is 25.9 Å². The molecule has 6 nitrogen and oxygen atoms in total. The van der Waals surface area contributed by atoms with E-state index in [1.165, 1.54) is 19.3 Å². The first-order chi connectivity index (χ1) is 9.45. The summed E-state index contributed by atoms with van der Waals surface area (Å²) in [7, 11) is 0. The van der Waals surface area contributed by atoms with E-state index in [-0.39, 0.29) is 30.7 Å². The summed E-state index contributed by atoms with van der Waals surface area (Å²) in [6.07, 6.45) is 3.61. The fourth-order valence-electron chi connectivity index (χ4n) is 3.34. The molecule has 0 aromatic carbocycles. The first kappa shape index (κ1) is 14.8. The zero-order valence-electron chi connectivity index (χ0n) is 11.8. The van der Waals surface area contributed by atoms with Gasteiger partial charge in [-0.05, 0) is 30.6 Å². The largest absolute Gasteiger partial charge is 0.481 e. The predicted molar refractivity (Wildman–Crippen MR) is 72.0 cm³/mol. The van der Waals surface area contributed by atoms with Crippen LogP contribution in [0.1, 0.15) is 39.0 Å². The van der Waals surface area contributed by atoms with Gasteiger partial charge in [-0.2, -0.15) is 0 Å². The summed E-state index contributed by atoms with van der Waals surface area (Å²) in [5.74, 6) is -0.383. The Labute approximate surface area is 118 Å². The minimum absolute atomic E-state index is 0.0600. The Kier molecular flexibility index (Phi) is 4.62. The number of carbonyl (C=O) groups excluding carboxylic acids is 2. The second kappa shape index (κ2) is 6.24. The molecule has 3 amide bonds. The highest BCUT2D eigenvalue weighted by atomic mass is 16.4. The van der Waals surface area contributed by atoms with E-state index in [1.54, 1.807) is 11.8 Å². The molecule has 1 saturated carbocycles. The molecule has 6 heteroatoms. The molecule has 3 unspecified atom stereocenters. The minimum atomic E-state index is -0.927. The van der Waals surface area contributed by atoms with Gasteiger partial charge < -0.3 is 10.0 Å². The monoisotopic (exact) mass is 282 g/mol. The normalized spacial score (nSPS) is 26.1. The molecule has 20 heavy (non-hydrogen) atoms. The molecular weight excluding hydrogens is 260 g/mol. The number of hydrogen-bond acceptors (Lipinski definition) is 3. The Morgan fingerprint density at radius 2 is 1.80 bits per heavy atom. The Morgan fingerprint density at radius 1 is 1.20 bits per heavy atom. The zero-order valence-corrected chi connectivity index (χ0v) is 11.8. The van der Waals surface area contributed by atoms with Gasteiger partial charge >= 0.3 is 12.0 Å². The molecule has 0 spiro atoms. The van der Waals surface area contributed by atoms with Gasteiger partial charge in [-0.1, -0.05) is 13.3 Å². The third-order valence-electron chi connectivity index (χ3n) is 4.32. The van der Waals surface area contributed by atoms with E-state index in [9.17, 15) is 14.4 Å². The van der Waals surface area contributed by atoms with Crippen LogP contribution in [0.25, 0.3) is 0 Å². The minimum Gasteiger partial charge on any atom is -0.481 e. The van der Waals surface area contributed by atoms with E-state index in [4.69, 9.17) is 5.11 Å². The summed E-state index contributed by atoms with van der Waals surface area (Å²) in [5, 5.41) is 11.0.